The molecule has 0 radical (unpaired) electrons. The van der Waals surface area contributed by atoms with E-state index in [2.05, 4.69) is 15.2 Å². The molecule has 1 aliphatic rings. The smallest absolute Gasteiger partial charge is 0.291 e. The minimum Gasteiger partial charge on any atom is -0.455 e. The number of carbonyl (C=O) groups excluding carboxylic acids is 1. The fourth-order valence-electron chi connectivity index (χ4n) is 2.92. The fraction of sp³-hybridized carbons (Fsp3) is 0.200. The van der Waals surface area contributed by atoms with Gasteiger partial charge in [0.25, 0.3) is 15.9 Å². The summed E-state index contributed by atoms with van der Waals surface area (Å²) in [5.41, 5.74) is 2.58. The molecule has 2 heterocycles. The highest BCUT2D eigenvalue weighted by atomic mass is 32.2. The molecule has 0 spiro atoms. The van der Waals surface area contributed by atoms with Crippen LogP contribution >= 0.6 is 0 Å². The molecule has 1 aromatic carbocycles. The molecule has 0 unspecified atom stereocenters. The van der Waals surface area contributed by atoms with Gasteiger partial charge >= 0.3 is 0 Å². The van der Waals surface area contributed by atoms with Crippen LogP contribution in [0.3, 0.4) is 0 Å². The number of hydrogen-bond acceptors (Lipinski definition) is 6. The standard InChI is InChI=1S/C20H19N3O5S/c1-12-13(2)22-28-20(12)23-29(25,26)16-9-7-15(8-10-16)21-19(24)18-11-14-5-3-4-6-17(14)27-18/h3,5,7-11,23H,4,6H2,1-2H3,(H,21,24). The molecule has 0 aliphatic heterocycles. The van der Waals surface area contributed by atoms with Gasteiger partial charge in [-0.3, -0.25) is 4.79 Å². The number of fused-ring (bicyclic) bond motifs is 1. The normalized spacial score (nSPS) is 13.2. The van der Waals surface area contributed by atoms with Crippen LogP contribution in [0.5, 0.6) is 0 Å². The number of benzene rings is 1. The first-order chi connectivity index (χ1) is 13.8. The Morgan fingerprint density at radius 2 is 1.93 bits per heavy atom. The van der Waals surface area contributed by atoms with E-state index in [1.165, 1.54) is 24.3 Å². The molecule has 150 valence electrons. The molecular weight excluding hydrogens is 394 g/mol. The first kappa shape index (κ1) is 19.0. The van der Waals surface area contributed by atoms with E-state index in [4.69, 9.17) is 8.94 Å². The second-order valence-electron chi connectivity index (χ2n) is 6.74. The number of anilines is 2. The van der Waals surface area contributed by atoms with Gasteiger partial charge in [-0.1, -0.05) is 17.3 Å². The van der Waals surface area contributed by atoms with Crippen LogP contribution in [-0.2, 0) is 16.4 Å². The number of carbonyl (C=O) groups is 1. The van der Waals surface area contributed by atoms with Gasteiger partial charge in [-0.2, -0.15) is 0 Å². The van der Waals surface area contributed by atoms with Crippen molar-refractivity contribution in [3.63, 3.8) is 0 Å². The lowest BCUT2D eigenvalue weighted by Gasteiger charge is -2.07. The van der Waals surface area contributed by atoms with Crippen molar-refractivity contribution in [2.24, 2.45) is 0 Å². The Kier molecular flexibility index (Phi) is 4.75. The Morgan fingerprint density at radius 1 is 1.17 bits per heavy atom. The van der Waals surface area contributed by atoms with Crippen molar-refractivity contribution in [1.29, 1.82) is 0 Å². The second-order valence-corrected chi connectivity index (χ2v) is 8.42. The highest BCUT2D eigenvalue weighted by Gasteiger charge is 2.20. The number of rotatable bonds is 5. The monoisotopic (exact) mass is 413 g/mol. The zero-order valence-electron chi connectivity index (χ0n) is 15.9. The molecule has 0 fully saturated rings. The summed E-state index contributed by atoms with van der Waals surface area (Å²) in [5, 5.41) is 6.44. The average Bonchev–Trinajstić information content (AvgIpc) is 3.27. The lowest BCUT2D eigenvalue weighted by molar-refractivity contribution is 0.0995. The molecule has 0 saturated heterocycles. The summed E-state index contributed by atoms with van der Waals surface area (Å²) in [6.07, 6.45) is 5.62. The van der Waals surface area contributed by atoms with Crippen molar-refractivity contribution in [2.45, 2.75) is 31.6 Å². The van der Waals surface area contributed by atoms with Gasteiger partial charge in [-0.05, 0) is 50.6 Å². The van der Waals surface area contributed by atoms with Gasteiger partial charge in [0.2, 0.25) is 5.88 Å². The van der Waals surface area contributed by atoms with E-state index in [1.807, 2.05) is 12.2 Å². The molecule has 2 aromatic heterocycles. The molecule has 0 bridgehead atoms. The van der Waals surface area contributed by atoms with Crippen LogP contribution in [0.1, 0.15) is 39.6 Å². The van der Waals surface area contributed by atoms with Crippen LogP contribution in [0.2, 0.25) is 0 Å². The summed E-state index contributed by atoms with van der Waals surface area (Å²) in [6.45, 7) is 3.43. The van der Waals surface area contributed by atoms with Crippen LogP contribution in [0.4, 0.5) is 11.6 Å². The number of aryl methyl sites for hydroxylation is 2. The third-order valence-corrected chi connectivity index (χ3v) is 6.05. The largest absolute Gasteiger partial charge is 0.455 e. The quantitative estimate of drug-likeness (QED) is 0.656. The number of allylic oxidation sites excluding steroid dienone is 1. The van der Waals surface area contributed by atoms with Crippen molar-refractivity contribution in [2.75, 3.05) is 10.0 Å². The zero-order valence-corrected chi connectivity index (χ0v) is 16.7. The van der Waals surface area contributed by atoms with E-state index in [-0.39, 0.29) is 16.5 Å². The van der Waals surface area contributed by atoms with Gasteiger partial charge in [0.15, 0.2) is 5.76 Å². The SMILES string of the molecule is Cc1noc(NS(=O)(=O)c2ccc(NC(=O)c3cc4c(o3)CCC=C4)cc2)c1C. The molecular formula is C20H19N3O5S. The third-order valence-electron chi connectivity index (χ3n) is 4.71. The first-order valence-corrected chi connectivity index (χ1v) is 10.5. The van der Waals surface area contributed by atoms with Gasteiger partial charge in [0, 0.05) is 23.2 Å². The summed E-state index contributed by atoms with van der Waals surface area (Å²) in [5.74, 6) is 0.698. The number of nitrogens with one attached hydrogen (secondary N) is 2. The number of amides is 1. The molecule has 3 aromatic rings. The van der Waals surface area contributed by atoms with Crippen LogP contribution in [0.25, 0.3) is 6.08 Å². The van der Waals surface area contributed by atoms with Gasteiger partial charge in [0.05, 0.1) is 10.6 Å². The van der Waals surface area contributed by atoms with Gasteiger partial charge in [-0.15, -0.1) is 0 Å². The third kappa shape index (κ3) is 3.81. The lowest BCUT2D eigenvalue weighted by atomic mass is 10.1. The molecule has 1 amide bonds. The summed E-state index contributed by atoms with van der Waals surface area (Å²) in [4.78, 5) is 12.4. The highest BCUT2D eigenvalue weighted by molar-refractivity contribution is 7.92. The Morgan fingerprint density at radius 3 is 2.59 bits per heavy atom. The van der Waals surface area contributed by atoms with Crippen molar-refractivity contribution >= 4 is 33.6 Å². The Hall–Kier alpha value is -3.33. The van der Waals surface area contributed by atoms with E-state index in [0.29, 0.717) is 16.9 Å². The lowest BCUT2D eigenvalue weighted by Crippen LogP contribution is -2.14. The van der Waals surface area contributed by atoms with Gasteiger partial charge < -0.3 is 14.3 Å². The number of nitrogens with zero attached hydrogens (tertiary/aromatic N) is 1. The summed E-state index contributed by atoms with van der Waals surface area (Å²) in [7, 11) is -3.84. The van der Waals surface area contributed by atoms with E-state index in [0.717, 1.165) is 24.2 Å². The molecule has 8 nitrogen and oxygen atoms in total. The van der Waals surface area contributed by atoms with E-state index >= 15 is 0 Å². The number of sulfonamides is 1. The summed E-state index contributed by atoms with van der Waals surface area (Å²) < 4.78 is 38.0. The van der Waals surface area contributed by atoms with E-state index in [1.54, 1.807) is 19.9 Å². The Bertz CT molecular complexity index is 1200. The molecule has 0 saturated carbocycles. The molecule has 1 aliphatic carbocycles. The topological polar surface area (TPSA) is 114 Å². The number of hydrogen-bond donors (Lipinski definition) is 2. The predicted octanol–water partition coefficient (Wildman–Crippen LogP) is 3.90. The van der Waals surface area contributed by atoms with E-state index in [9.17, 15) is 13.2 Å². The van der Waals surface area contributed by atoms with Crippen LogP contribution in [0, 0.1) is 13.8 Å². The van der Waals surface area contributed by atoms with Crippen molar-refractivity contribution in [3.8, 4) is 0 Å². The minimum absolute atomic E-state index is 0.0301. The first-order valence-electron chi connectivity index (χ1n) is 9.00. The molecule has 29 heavy (non-hydrogen) atoms. The second kappa shape index (κ2) is 7.25. The maximum atomic E-state index is 12.5. The molecule has 2 N–H and O–H groups in total. The van der Waals surface area contributed by atoms with Crippen LogP contribution in [-0.4, -0.2) is 19.5 Å². The predicted molar refractivity (Wildman–Crippen MR) is 107 cm³/mol. The fourth-order valence-corrected chi connectivity index (χ4v) is 3.96. The maximum absolute atomic E-state index is 12.5. The molecule has 4 rings (SSSR count). The van der Waals surface area contributed by atoms with Crippen molar-refractivity contribution < 1.29 is 22.2 Å². The highest BCUT2D eigenvalue weighted by Crippen LogP contribution is 2.25. The number of aromatic nitrogens is 1. The van der Waals surface area contributed by atoms with E-state index < -0.39 is 15.9 Å². The van der Waals surface area contributed by atoms with Crippen molar-refractivity contribution in [3.05, 3.63) is 64.7 Å². The van der Waals surface area contributed by atoms with Crippen LogP contribution in [0.15, 0.2) is 50.2 Å². The molecule has 9 heteroatoms. The zero-order chi connectivity index (χ0) is 20.6. The van der Waals surface area contributed by atoms with Crippen molar-refractivity contribution in [1.82, 2.24) is 5.16 Å². The minimum atomic E-state index is -3.84. The summed E-state index contributed by atoms with van der Waals surface area (Å²) in [6, 6.07) is 7.50. The van der Waals surface area contributed by atoms with Crippen LogP contribution < -0.4 is 10.0 Å². The average molecular weight is 413 g/mol. The summed E-state index contributed by atoms with van der Waals surface area (Å²) >= 11 is 0. The van der Waals surface area contributed by atoms with Gasteiger partial charge in [-0.25, -0.2) is 13.1 Å². The van der Waals surface area contributed by atoms with Gasteiger partial charge in [0.1, 0.15) is 5.76 Å². The number of furan rings is 1. The maximum Gasteiger partial charge on any atom is 0.291 e. The Labute approximate surface area is 167 Å². The Balaban J connectivity index is 1.47. The molecule has 0 atom stereocenters.